The van der Waals surface area contributed by atoms with Gasteiger partial charge in [0.1, 0.15) is 6.10 Å². The number of nitrogens with one attached hydrogen (secondary N) is 1. The summed E-state index contributed by atoms with van der Waals surface area (Å²) in [6.07, 6.45) is 22.2. The molecule has 0 bridgehead atoms. The van der Waals surface area contributed by atoms with E-state index in [2.05, 4.69) is 5.32 Å². The van der Waals surface area contributed by atoms with Gasteiger partial charge in [0.2, 0.25) is 5.91 Å². The summed E-state index contributed by atoms with van der Waals surface area (Å²) < 4.78 is 0. The lowest BCUT2D eigenvalue weighted by Crippen LogP contribution is -2.41. The largest absolute Gasteiger partial charge is 0.390 e. The number of carbonyl (C=O) groups is 1. The maximum atomic E-state index is 12.0. The maximum absolute atomic E-state index is 12.0. The summed E-state index contributed by atoms with van der Waals surface area (Å²) in [4.78, 5) is 12.0. The molecule has 0 spiro atoms. The van der Waals surface area contributed by atoms with Crippen molar-refractivity contribution in [3.63, 3.8) is 0 Å². The third kappa shape index (κ3) is 13.1. The second-order valence-electron chi connectivity index (χ2n) is 8.45. The number of aliphatic hydroxyl groups excluding tert-OH is 4. The van der Waals surface area contributed by atoms with Crippen LogP contribution in [0.2, 0.25) is 0 Å². The Hall–Kier alpha value is -2.77. The number of aliphatic hydroxyl groups is 4. The molecule has 0 aromatic rings. The fourth-order valence-electron chi connectivity index (χ4n) is 3.07. The summed E-state index contributed by atoms with van der Waals surface area (Å²) in [5, 5.41) is 43.7. The molecule has 6 nitrogen and oxygen atoms in total. The van der Waals surface area contributed by atoms with E-state index in [9.17, 15) is 25.2 Å². The van der Waals surface area contributed by atoms with Crippen molar-refractivity contribution in [1.29, 1.82) is 0 Å². The first kappa shape index (κ1) is 29.3. The molecule has 186 valence electrons. The van der Waals surface area contributed by atoms with Gasteiger partial charge in [-0.15, -0.1) is 0 Å². The third-order valence-electron chi connectivity index (χ3n) is 5.16. The fourth-order valence-corrected chi connectivity index (χ4v) is 3.07. The number of hydrogen-bond acceptors (Lipinski definition) is 5. The first-order valence-electron chi connectivity index (χ1n) is 11.6. The predicted octanol–water partition coefficient (Wildman–Crippen LogP) is 3.20. The molecule has 0 radical (unpaired) electrons. The van der Waals surface area contributed by atoms with Gasteiger partial charge >= 0.3 is 0 Å². The second kappa shape index (κ2) is 16.8. The van der Waals surface area contributed by atoms with E-state index in [1.165, 1.54) is 12.2 Å². The lowest BCUT2D eigenvalue weighted by atomic mass is 9.93. The highest BCUT2D eigenvalue weighted by atomic mass is 16.4. The normalized spacial score (nSPS) is 30.8. The van der Waals surface area contributed by atoms with Crippen LogP contribution < -0.4 is 5.32 Å². The van der Waals surface area contributed by atoms with Gasteiger partial charge in [-0.1, -0.05) is 97.6 Å². The molecule has 0 aliphatic carbocycles. The summed E-state index contributed by atoms with van der Waals surface area (Å²) in [7, 11) is 0. The van der Waals surface area contributed by atoms with Crippen molar-refractivity contribution < 1.29 is 25.2 Å². The van der Waals surface area contributed by atoms with Crippen LogP contribution in [0.3, 0.4) is 0 Å². The second-order valence-corrected chi connectivity index (χ2v) is 8.45. The van der Waals surface area contributed by atoms with Gasteiger partial charge < -0.3 is 25.7 Å². The molecule has 1 aliphatic heterocycles. The monoisotopic (exact) mass is 469 g/mol. The van der Waals surface area contributed by atoms with Crippen LogP contribution >= 0.6 is 0 Å². The molecule has 0 saturated heterocycles. The topological polar surface area (TPSA) is 110 Å². The molecule has 1 amide bonds. The molecule has 6 atom stereocenters. The quantitative estimate of drug-likeness (QED) is 0.374. The first-order chi connectivity index (χ1) is 16.2. The van der Waals surface area contributed by atoms with Crippen LogP contribution in [-0.4, -0.2) is 56.8 Å². The van der Waals surface area contributed by atoms with E-state index in [-0.39, 0.29) is 18.4 Å². The number of allylic oxidation sites excluding steroid dienone is 12. The Bertz CT molecular complexity index is 847. The van der Waals surface area contributed by atoms with E-state index in [1.807, 2.05) is 62.5 Å². The van der Waals surface area contributed by atoms with Gasteiger partial charge in [0, 0.05) is 24.5 Å². The van der Waals surface area contributed by atoms with Gasteiger partial charge in [0.15, 0.2) is 0 Å². The highest BCUT2D eigenvalue weighted by Crippen LogP contribution is 2.15. The minimum absolute atomic E-state index is 0.0295. The van der Waals surface area contributed by atoms with Gasteiger partial charge in [0.25, 0.3) is 0 Å². The zero-order valence-electron chi connectivity index (χ0n) is 20.2. The Balaban J connectivity index is 2.93. The van der Waals surface area contributed by atoms with Crippen molar-refractivity contribution in [2.24, 2.45) is 5.92 Å². The van der Waals surface area contributed by atoms with E-state index >= 15 is 0 Å². The van der Waals surface area contributed by atoms with Crippen LogP contribution in [0.4, 0.5) is 0 Å². The SMILES string of the molecule is CC1=CC=CC=CCC(C)NC(=O)C=CC=CC(C)C(O)C(O)C(O)CC(O)C=CC=CC=C1. The van der Waals surface area contributed by atoms with Crippen LogP contribution in [0.1, 0.15) is 33.6 Å². The zero-order chi connectivity index (χ0) is 25.3. The fraction of sp³-hybridized carbons (Fsp3) is 0.393. The van der Waals surface area contributed by atoms with Crippen molar-refractivity contribution in [3.8, 4) is 0 Å². The standard InChI is InChI=1S/C28H39NO5/c1-21-14-8-4-6-10-17-23(3)29-26(32)19-13-12-16-22(2)27(33)28(34)25(31)20-24(30)18-11-7-5-9-15-21/h4-16,18-19,22-25,27-28,30-31,33-34H,17,20H2,1-3H3,(H,29,32). The molecule has 0 fully saturated rings. The van der Waals surface area contributed by atoms with Crippen LogP contribution in [0, 0.1) is 5.92 Å². The van der Waals surface area contributed by atoms with Gasteiger partial charge in [-0.05, 0) is 20.3 Å². The lowest BCUT2D eigenvalue weighted by Gasteiger charge is -2.26. The molecular formula is C28H39NO5. The number of amides is 1. The van der Waals surface area contributed by atoms with Crippen molar-refractivity contribution in [3.05, 3.63) is 96.7 Å². The molecule has 6 heteroatoms. The van der Waals surface area contributed by atoms with Crippen LogP contribution in [0.25, 0.3) is 0 Å². The highest BCUT2D eigenvalue weighted by molar-refractivity contribution is 5.87. The summed E-state index contributed by atoms with van der Waals surface area (Å²) >= 11 is 0. The summed E-state index contributed by atoms with van der Waals surface area (Å²) in [5.74, 6) is -0.708. The predicted molar refractivity (Wildman–Crippen MR) is 138 cm³/mol. The minimum Gasteiger partial charge on any atom is -0.390 e. The lowest BCUT2D eigenvalue weighted by molar-refractivity contribution is -0.117. The average molecular weight is 470 g/mol. The first-order valence-corrected chi connectivity index (χ1v) is 11.6. The van der Waals surface area contributed by atoms with E-state index in [0.717, 1.165) is 5.57 Å². The number of carbonyl (C=O) groups excluding carboxylic acids is 1. The number of hydrogen-bond donors (Lipinski definition) is 5. The van der Waals surface area contributed by atoms with Crippen LogP contribution in [0.15, 0.2) is 96.7 Å². The Labute approximate surface area is 203 Å². The molecule has 0 aromatic carbocycles. The van der Waals surface area contributed by atoms with Crippen molar-refractivity contribution in [2.45, 2.75) is 64.1 Å². The van der Waals surface area contributed by atoms with Crippen LogP contribution in [-0.2, 0) is 4.79 Å². The molecule has 1 rings (SSSR count). The van der Waals surface area contributed by atoms with Gasteiger partial charge in [-0.3, -0.25) is 4.79 Å². The molecular weight excluding hydrogens is 430 g/mol. The Morgan fingerprint density at radius 2 is 1.44 bits per heavy atom. The molecule has 1 aliphatic rings. The van der Waals surface area contributed by atoms with Crippen molar-refractivity contribution in [1.82, 2.24) is 5.32 Å². The molecule has 34 heavy (non-hydrogen) atoms. The summed E-state index contributed by atoms with van der Waals surface area (Å²) in [6, 6.07) is -0.0295. The van der Waals surface area contributed by atoms with E-state index in [4.69, 9.17) is 0 Å². The maximum Gasteiger partial charge on any atom is 0.244 e. The summed E-state index contributed by atoms with van der Waals surface area (Å²) in [5.41, 5.74) is 1.06. The van der Waals surface area contributed by atoms with Gasteiger partial charge in [-0.2, -0.15) is 0 Å². The van der Waals surface area contributed by atoms with Crippen molar-refractivity contribution >= 4 is 5.91 Å². The highest BCUT2D eigenvalue weighted by Gasteiger charge is 2.28. The Morgan fingerprint density at radius 3 is 2.21 bits per heavy atom. The Kier molecular flexibility index (Phi) is 14.4. The molecule has 0 saturated carbocycles. The van der Waals surface area contributed by atoms with E-state index < -0.39 is 30.3 Å². The average Bonchev–Trinajstić information content (AvgIpc) is 2.79. The van der Waals surface area contributed by atoms with E-state index in [1.54, 1.807) is 37.3 Å². The number of rotatable bonds is 0. The Morgan fingerprint density at radius 1 is 0.794 bits per heavy atom. The smallest absolute Gasteiger partial charge is 0.244 e. The molecule has 6 unspecified atom stereocenters. The zero-order valence-corrected chi connectivity index (χ0v) is 20.2. The van der Waals surface area contributed by atoms with E-state index in [0.29, 0.717) is 6.42 Å². The van der Waals surface area contributed by atoms with Gasteiger partial charge in [-0.25, -0.2) is 0 Å². The third-order valence-corrected chi connectivity index (χ3v) is 5.16. The molecule has 5 N–H and O–H groups in total. The summed E-state index contributed by atoms with van der Waals surface area (Å²) in [6.45, 7) is 5.59. The minimum atomic E-state index is -1.43. The van der Waals surface area contributed by atoms with Crippen molar-refractivity contribution in [2.75, 3.05) is 0 Å². The van der Waals surface area contributed by atoms with Crippen LogP contribution in [0.5, 0.6) is 0 Å². The molecule has 0 aromatic heterocycles. The van der Waals surface area contributed by atoms with Gasteiger partial charge in [0.05, 0.1) is 18.3 Å². The molecule has 1 heterocycles.